The number of aromatic nitrogens is 4. The summed E-state index contributed by atoms with van der Waals surface area (Å²) < 4.78 is 16.5. The molecule has 6 nitrogen and oxygen atoms in total. The van der Waals surface area contributed by atoms with Gasteiger partial charge in [-0.2, -0.15) is 10.2 Å². The fraction of sp³-hybridized carbons (Fsp3) is 0.235. The highest BCUT2D eigenvalue weighted by atomic mass is 35.5. The van der Waals surface area contributed by atoms with Gasteiger partial charge in [0.25, 0.3) is 5.91 Å². The number of hydrogen-bond acceptors (Lipinski definition) is 3. The first-order valence-electron chi connectivity index (χ1n) is 7.64. The molecule has 0 aliphatic heterocycles. The quantitative estimate of drug-likeness (QED) is 0.775. The van der Waals surface area contributed by atoms with Gasteiger partial charge < -0.3 is 5.32 Å². The highest BCUT2D eigenvalue weighted by Crippen LogP contribution is 2.22. The van der Waals surface area contributed by atoms with Gasteiger partial charge in [-0.3, -0.25) is 14.2 Å². The Labute approximate surface area is 149 Å². The minimum Gasteiger partial charge on any atom is -0.304 e. The Morgan fingerprint density at radius 1 is 1.32 bits per heavy atom. The van der Waals surface area contributed by atoms with E-state index in [1.54, 1.807) is 41.7 Å². The molecule has 0 saturated heterocycles. The molecular formula is C17H17ClFN5O. The number of nitrogens with one attached hydrogen (secondary N) is 1. The Morgan fingerprint density at radius 2 is 2.08 bits per heavy atom. The van der Waals surface area contributed by atoms with Gasteiger partial charge in [0.05, 0.1) is 17.8 Å². The number of rotatable bonds is 4. The minimum atomic E-state index is -0.319. The molecule has 1 N–H and O–H groups in total. The van der Waals surface area contributed by atoms with E-state index in [0.717, 1.165) is 11.3 Å². The summed E-state index contributed by atoms with van der Waals surface area (Å²) in [5.41, 5.74) is 2.63. The van der Waals surface area contributed by atoms with E-state index in [0.29, 0.717) is 22.8 Å². The van der Waals surface area contributed by atoms with Crippen LogP contribution in [0.4, 0.5) is 10.2 Å². The standard InChI is InChI=1S/C17H17ClFN5O/c1-10-15(11(2)23(3)21-10)17(25)20-16-14(18)9-24(22-16)8-12-5-4-6-13(19)7-12/h4-7,9H,8H2,1-3H3,(H,20,22,25). The summed E-state index contributed by atoms with van der Waals surface area (Å²) in [6.45, 7) is 3.93. The van der Waals surface area contributed by atoms with Crippen LogP contribution in [0, 0.1) is 19.7 Å². The van der Waals surface area contributed by atoms with Crippen molar-refractivity contribution in [2.45, 2.75) is 20.4 Å². The Hall–Kier alpha value is -2.67. The van der Waals surface area contributed by atoms with Crippen molar-refractivity contribution in [3.05, 3.63) is 63.8 Å². The van der Waals surface area contributed by atoms with Gasteiger partial charge in [0.15, 0.2) is 5.82 Å². The fourth-order valence-electron chi connectivity index (χ4n) is 2.66. The van der Waals surface area contributed by atoms with Crippen LogP contribution in [0.1, 0.15) is 27.3 Å². The van der Waals surface area contributed by atoms with Crippen LogP contribution in [0.25, 0.3) is 0 Å². The number of anilines is 1. The van der Waals surface area contributed by atoms with E-state index < -0.39 is 0 Å². The third-order valence-electron chi connectivity index (χ3n) is 3.92. The second-order valence-corrected chi connectivity index (χ2v) is 6.18. The zero-order valence-electron chi connectivity index (χ0n) is 14.0. The molecule has 0 unspecified atom stereocenters. The van der Waals surface area contributed by atoms with Crippen molar-refractivity contribution >= 4 is 23.3 Å². The number of carbonyl (C=O) groups is 1. The predicted octanol–water partition coefficient (Wildman–Crippen LogP) is 3.33. The molecule has 0 aliphatic carbocycles. The lowest BCUT2D eigenvalue weighted by atomic mass is 10.2. The van der Waals surface area contributed by atoms with Crippen LogP contribution in [-0.4, -0.2) is 25.5 Å². The van der Waals surface area contributed by atoms with E-state index in [1.807, 2.05) is 6.92 Å². The SMILES string of the molecule is Cc1nn(C)c(C)c1C(=O)Nc1nn(Cc2cccc(F)c2)cc1Cl. The summed E-state index contributed by atoms with van der Waals surface area (Å²) in [6.07, 6.45) is 1.59. The Balaban J connectivity index is 1.80. The van der Waals surface area contributed by atoms with Crippen LogP contribution in [0.15, 0.2) is 30.5 Å². The van der Waals surface area contributed by atoms with Crippen molar-refractivity contribution in [1.29, 1.82) is 0 Å². The molecule has 8 heteroatoms. The van der Waals surface area contributed by atoms with Crippen LogP contribution < -0.4 is 5.32 Å². The number of carbonyl (C=O) groups excluding carboxylic acids is 1. The molecule has 3 rings (SSSR count). The average molecular weight is 362 g/mol. The normalized spacial score (nSPS) is 10.9. The topological polar surface area (TPSA) is 64.7 Å². The van der Waals surface area contributed by atoms with Gasteiger partial charge in [0.1, 0.15) is 10.8 Å². The molecule has 0 atom stereocenters. The number of benzene rings is 1. The first kappa shape index (κ1) is 17.2. The zero-order valence-corrected chi connectivity index (χ0v) is 14.8. The molecule has 0 aliphatic rings. The highest BCUT2D eigenvalue weighted by Gasteiger charge is 2.19. The van der Waals surface area contributed by atoms with Gasteiger partial charge in [-0.1, -0.05) is 23.7 Å². The Morgan fingerprint density at radius 3 is 2.72 bits per heavy atom. The molecule has 3 aromatic rings. The van der Waals surface area contributed by atoms with Gasteiger partial charge in [-0.15, -0.1) is 0 Å². The first-order chi connectivity index (χ1) is 11.8. The molecule has 1 amide bonds. The van der Waals surface area contributed by atoms with Crippen LogP contribution in [0.5, 0.6) is 0 Å². The van der Waals surface area contributed by atoms with E-state index in [9.17, 15) is 9.18 Å². The van der Waals surface area contributed by atoms with Crippen LogP contribution in [-0.2, 0) is 13.6 Å². The molecule has 2 aromatic heterocycles. The molecule has 0 fully saturated rings. The van der Waals surface area contributed by atoms with Gasteiger partial charge in [0.2, 0.25) is 0 Å². The second kappa shape index (κ2) is 6.68. The monoisotopic (exact) mass is 361 g/mol. The molecule has 0 bridgehead atoms. The number of amides is 1. The maximum Gasteiger partial charge on any atom is 0.260 e. The number of halogens is 2. The molecule has 130 valence electrons. The van der Waals surface area contributed by atoms with E-state index in [4.69, 9.17) is 11.6 Å². The largest absolute Gasteiger partial charge is 0.304 e. The van der Waals surface area contributed by atoms with E-state index >= 15 is 0 Å². The maximum absolute atomic E-state index is 13.3. The Kier molecular flexibility index (Phi) is 4.59. The van der Waals surface area contributed by atoms with E-state index in [1.165, 1.54) is 12.1 Å². The van der Waals surface area contributed by atoms with Crippen molar-refractivity contribution in [2.24, 2.45) is 7.05 Å². The van der Waals surface area contributed by atoms with Gasteiger partial charge >= 0.3 is 0 Å². The van der Waals surface area contributed by atoms with Crippen LogP contribution >= 0.6 is 11.6 Å². The number of aryl methyl sites for hydroxylation is 2. The summed E-state index contributed by atoms with van der Waals surface area (Å²) in [5, 5.41) is 11.5. The molecule has 1 aromatic carbocycles. The Bertz CT molecular complexity index is 947. The number of nitrogens with zero attached hydrogens (tertiary/aromatic N) is 4. The molecule has 0 radical (unpaired) electrons. The molecule has 2 heterocycles. The smallest absolute Gasteiger partial charge is 0.260 e. The summed E-state index contributed by atoms with van der Waals surface area (Å²) in [5.74, 6) is -0.376. The van der Waals surface area contributed by atoms with Crippen molar-refractivity contribution in [1.82, 2.24) is 19.6 Å². The van der Waals surface area contributed by atoms with E-state index in [-0.39, 0.29) is 17.5 Å². The third-order valence-corrected chi connectivity index (χ3v) is 4.20. The van der Waals surface area contributed by atoms with Crippen LogP contribution in [0.2, 0.25) is 5.02 Å². The number of hydrogen-bond donors (Lipinski definition) is 1. The minimum absolute atomic E-state index is 0.255. The average Bonchev–Trinajstić information content (AvgIpc) is 2.98. The first-order valence-corrected chi connectivity index (χ1v) is 8.02. The van der Waals surface area contributed by atoms with E-state index in [2.05, 4.69) is 15.5 Å². The van der Waals surface area contributed by atoms with Crippen molar-refractivity contribution in [2.75, 3.05) is 5.32 Å². The van der Waals surface area contributed by atoms with Crippen molar-refractivity contribution in [3.63, 3.8) is 0 Å². The predicted molar refractivity (Wildman–Crippen MR) is 93.4 cm³/mol. The third kappa shape index (κ3) is 3.56. The zero-order chi connectivity index (χ0) is 18.1. The summed E-state index contributed by atoms with van der Waals surface area (Å²) in [4.78, 5) is 12.5. The summed E-state index contributed by atoms with van der Waals surface area (Å²) in [7, 11) is 1.78. The molecular weight excluding hydrogens is 345 g/mol. The van der Waals surface area contributed by atoms with Crippen molar-refractivity contribution < 1.29 is 9.18 Å². The second-order valence-electron chi connectivity index (χ2n) is 5.78. The van der Waals surface area contributed by atoms with Gasteiger partial charge in [-0.05, 0) is 31.5 Å². The highest BCUT2D eigenvalue weighted by molar-refractivity contribution is 6.33. The lowest BCUT2D eigenvalue weighted by molar-refractivity contribution is 0.102. The van der Waals surface area contributed by atoms with Crippen molar-refractivity contribution in [3.8, 4) is 0 Å². The fourth-order valence-corrected chi connectivity index (χ4v) is 2.86. The summed E-state index contributed by atoms with van der Waals surface area (Å²) >= 11 is 6.17. The lowest BCUT2D eigenvalue weighted by Gasteiger charge is -2.04. The lowest BCUT2D eigenvalue weighted by Crippen LogP contribution is -2.15. The van der Waals surface area contributed by atoms with Gasteiger partial charge in [0, 0.05) is 18.9 Å². The summed E-state index contributed by atoms with van der Waals surface area (Å²) in [6, 6.07) is 6.23. The maximum atomic E-state index is 13.3. The molecule has 0 spiro atoms. The van der Waals surface area contributed by atoms with Gasteiger partial charge in [-0.25, -0.2) is 4.39 Å². The van der Waals surface area contributed by atoms with Crippen LogP contribution in [0.3, 0.4) is 0 Å². The molecule has 25 heavy (non-hydrogen) atoms. The molecule has 0 saturated carbocycles.